The van der Waals surface area contributed by atoms with E-state index in [2.05, 4.69) is 27.1 Å². The molecule has 3 aromatic rings. The molecule has 1 amide bonds. The van der Waals surface area contributed by atoms with Gasteiger partial charge in [-0.05, 0) is 12.1 Å². The van der Waals surface area contributed by atoms with Crippen LogP contribution in [0.1, 0.15) is 27.3 Å². The van der Waals surface area contributed by atoms with E-state index in [0.717, 1.165) is 17.0 Å². The first kappa shape index (κ1) is 17.9. The SMILES string of the molecule is C=C1Cc2c(nnn2-c2ccn[nH]2)CN1C(=O)c1cccc(C(F)(F)F)c1F. The summed E-state index contributed by atoms with van der Waals surface area (Å²) in [6.07, 6.45) is -3.21. The highest BCUT2D eigenvalue weighted by Gasteiger charge is 2.37. The van der Waals surface area contributed by atoms with Gasteiger partial charge in [-0.3, -0.25) is 9.89 Å². The third-order valence-electron chi connectivity index (χ3n) is 4.40. The number of fused-ring (bicyclic) bond motifs is 1. The molecule has 1 aliphatic rings. The first-order chi connectivity index (χ1) is 13.3. The molecule has 0 unspecified atom stereocenters. The molecule has 0 radical (unpaired) electrons. The summed E-state index contributed by atoms with van der Waals surface area (Å²) in [5, 5.41) is 14.6. The Morgan fingerprint density at radius 3 is 2.71 bits per heavy atom. The fraction of sp³-hybridized carbons (Fsp3) is 0.176. The van der Waals surface area contributed by atoms with Crippen molar-refractivity contribution in [3.8, 4) is 5.82 Å². The van der Waals surface area contributed by atoms with Crippen LogP contribution in [0.15, 0.2) is 42.7 Å². The van der Waals surface area contributed by atoms with Crippen molar-refractivity contribution >= 4 is 5.91 Å². The number of benzene rings is 1. The lowest BCUT2D eigenvalue weighted by Crippen LogP contribution is -2.35. The number of hydrogen-bond donors (Lipinski definition) is 1. The molecular weight excluding hydrogens is 380 g/mol. The van der Waals surface area contributed by atoms with Gasteiger partial charge in [-0.25, -0.2) is 4.39 Å². The van der Waals surface area contributed by atoms with Crippen LogP contribution in [0.4, 0.5) is 17.6 Å². The molecule has 0 saturated heterocycles. The predicted molar refractivity (Wildman–Crippen MR) is 87.6 cm³/mol. The van der Waals surface area contributed by atoms with E-state index >= 15 is 0 Å². The predicted octanol–water partition coefficient (Wildman–Crippen LogP) is 2.86. The van der Waals surface area contributed by atoms with E-state index in [0.29, 0.717) is 23.3 Å². The first-order valence-electron chi connectivity index (χ1n) is 8.06. The lowest BCUT2D eigenvalue weighted by Gasteiger charge is -2.29. The average molecular weight is 392 g/mol. The van der Waals surface area contributed by atoms with Crippen LogP contribution in [-0.4, -0.2) is 36.0 Å². The van der Waals surface area contributed by atoms with E-state index in [1.54, 1.807) is 6.07 Å². The molecule has 1 aliphatic heterocycles. The number of amides is 1. The van der Waals surface area contributed by atoms with E-state index < -0.39 is 29.0 Å². The Bertz CT molecular complexity index is 1070. The Hall–Kier alpha value is -3.50. The molecule has 28 heavy (non-hydrogen) atoms. The summed E-state index contributed by atoms with van der Waals surface area (Å²) in [5.41, 5.74) is -0.796. The minimum atomic E-state index is -4.90. The van der Waals surface area contributed by atoms with Gasteiger partial charge in [-0.2, -0.15) is 23.0 Å². The molecule has 0 aliphatic carbocycles. The number of nitrogens with one attached hydrogen (secondary N) is 1. The molecule has 0 atom stereocenters. The maximum absolute atomic E-state index is 14.3. The third kappa shape index (κ3) is 2.84. The van der Waals surface area contributed by atoms with Crippen LogP contribution in [-0.2, 0) is 19.1 Å². The Morgan fingerprint density at radius 1 is 1.25 bits per heavy atom. The number of halogens is 4. The van der Waals surface area contributed by atoms with Crippen molar-refractivity contribution in [2.45, 2.75) is 19.1 Å². The van der Waals surface area contributed by atoms with Crippen molar-refractivity contribution in [2.75, 3.05) is 0 Å². The molecular formula is C17H12F4N6O. The Kier molecular flexibility index (Phi) is 4.02. The topological polar surface area (TPSA) is 79.7 Å². The summed E-state index contributed by atoms with van der Waals surface area (Å²) >= 11 is 0. The molecule has 144 valence electrons. The van der Waals surface area contributed by atoms with Gasteiger partial charge >= 0.3 is 6.18 Å². The molecule has 11 heteroatoms. The number of carbonyl (C=O) groups excluding carboxylic acids is 1. The summed E-state index contributed by atoms with van der Waals surface area (Å²) in [5.74, 6) is -1.97. The van der Waals surface area contributed by atoms with Crippen molar-refractivity contribution in [2.24, 2.45) is 0 Å². The Morgan fingerprint density at radius 2 is 2.04 bits per heavy atom. The maximum atomic E-state index is 14.3. The molecule has 4 rings (SSSR count). The van der Waals surface area contributed by atoms with E-state index in [1.807, 2.05) is 0 Å². The van der Waals surface area contributed by atoms with E-state index in [9.17, 15) is 22.4 Å². The third-order valence-corrected chi connectivity index (χ3v) is 4.40. The van der Waals surface area contributed by atoms with Crippen molar-refractivity contribution in [3.63, 3.8) is 0 Å². The molecule has 0 spiro atoms. The molecule has 2 aromatic heterocycles. The zero-order chi connectivity index (χ0) is 20.1. The average Bonchev–Trinajstić information content (AvgIpc) is 3.28. The molecule has 1 N–H and O–H groups in total. The van der Waals surface area contributed by atoms with E-state index in [4.69, 9.17) is 0 Å². The van der Waals surface area contributed by atoms with Crippen LogP contribution in [0.5, 0.6) is 0 Å². The molecule has 3 heterocycles. The van der Waals surface area contributed by atoms with Gasteiger partial charge in [0.05, 0.1) is 29.6 Å². The van der Waals surface area contributed by atoms with Crippen LogP contribution in [0.25, 0.3) is 5.82 Å². The number of aromatic amines is 1. The maximum Gasteiger partial charge on any atom is 0.419 e. The van der Waals surface area contributed by atoms with Gasteiger partial charge < -0.3 is 4.90 Å². The standard InChI is InChI=1S/C17H12F4N6O/c1-9-7-13-12(23-25-27(13)14-5-6-22-24-14)8-26(9)16(28)10-3-2-4-11(15(10)18)17(19,20)21/h2-6H,1,7-8H2,(H,22,24). The monoisotopic (exact) mass is 392 g/mol. The zero-order valence-electron chi connectivity index (χ0n) is 14.2. The molecule has 7 nitrogen and oxygen atoms in total. The van der Waals surface area contributed by atoms with Crippen molar-refractivity contribution in [1.29, 1.82) is 0 Å². The van der Waals surface area contributed by atoms with Gasteiger partial charge in [-0.1, -0.05) is 17.9 Å². The smallest absolute Gasteiger partial charge is 0.306 e. The zero-order valence-corrected chi connectivity index (χ0v) is 14.2. The van der Waals surface area contributed by atoms with E-state index in [-0.39, 0.29) is 18.7 Å². The number of hydrogen-bond acceptors (Lipinski definition) is 4. The van der Waals surface area contributed by atoms with Gasteiger partial charge in [0.15, 0.2) is 5.82 Å². The lowest BCUT2D eigenvalue weighted by atomic mass is 10.0. The summed E-state index contributed by atoms with van der Waals surface area (Å²) in [6, 6.07) is 4.27. The summed E-state index contributed by atoms with van der Waals surface area (Å²) in [4.78, 5) is 13.8. The Labute approximate surface area is 155 Å². The highest BCUT2D eigenvalue weighted by Crippen LogP contribution is 2.34. The quantitative estimate of drug-likeness (QED) is 0.681. The number of rotatable bonds is 2. The van der Waals surface area contributed by atoms with Gasteiger partial charge in [0.2, 0.25) is 0 Å². The number of aromatic nitrogens is 5. The van der Waals surface area contributed by atoms with Gasteiger partial charge in [0, 0.05) is 18.2 Å². The van der Waals surface area contributed by atoms with Crippen LogP contribution in [0, 0.1) is 5.82 Å². The summed E-state index contributed by atoms with van der Waals surface area (Å²) in [6.45, 7) is 3.72. The number of allylic oxidation sites excluding steroid dienone is 1. The normalized spacial score (nSPS) is 14.3. The molecule has 0 bridgehead atoms. The van der Waals surface area contributed by atoms with Gasteiger partial charge in [0.1, 0.15) is 11.5 Å². The van der Waals surface area contributed by atoms with E-state index in [1.165, 1.54) is 10.9 Å². The number of H-pyrrole nitrogens is 1. The lowest BCUT2D eigenvalue weighted by molar-refractivity contribution is -0.140. The summed E-state index contributed by atoms with van der Waals surface area (Å²) in [7, 11) is 0. The van der Waals surface area contributed by atoms with Crippen LogP contribution >= 0.6 is 0 Å². The number of nitrogens with zero attached hydrogens (tertiary/aromatic N) is 5. The van der Waals surface area contributed by atoms with Crippen molar-refractivity contribution in [3.05, 3.63) is 71.1 Å². The highest BCUT2D eigenvalue weighted by atomic mass is 19.4. The minimum Gasteiger partial charge on any atom is -0.306 e. The second-order valence-electron chi connectivity index (χ2n) is 6.14. The highest BCUT2D eigenvalue weighted by molar-refractivity contribution is 5.96. The number of alkyl halides is 3. The van der Waals surface area contributed by atoms with Crippen LogP contribution in [0.3, 0.4) is 0 Å². The summed E-state index contributed by atoms with van der Waals surface area (Å²) < 4.78 is 54.6. The van der Waals surface area contributed by atoms with Crippen molar-refractivity contribution in [1.82, 2.24) is 30.1 Å². The second-order valence-corrected chi connectivity index (χ2v) is 6.14. The second kappa shape index (κ2) is 6.29. The van der Waals surface area contributed by atoms with Gasteiger partial charge in [-0.15, -0.1) is 5.10 Å². The Balaban J connectivity index is 1.67. The number of carbonyl (C=O) groups is 1. The molecule has 0 saturated carbocycles. The fourth-order valence-corrected chi connectivity index (χ4v) is 3.02. The fourth-order valence-electron chi connectivity index (χ4n) is 3.02. The van der Waals surface area contributed by atoms with Crippen LogP contribution in [0.2, 0.25) is 0 Å². The largest absolute Gasteiger partial charge is 0.419 e. The molecule has 1 aromatic carbocycles. The first-order valence-corrected chi connectivity index (χ1v) is 8.06. The van der Waals surface area contributed by atoms with Gasteiger partial charge in [0.25, 0.3) is 5.91 Å². The van der Waals surface area contributed by atoms with Crippen molar-refractivity contribution < 1.29 is 22.4 Å². The molecule has 0 fully saturated rings. The minimum absolute atomic E-state index is 0.0865. The van der Waals surface area contributed by atoms with Crippen LogP contribution < -0.4 is 0 Å².